The van der Waals surface area contributed by atoms with Gasteiger partial charge in [0.2, 0.25) is 0 Å². The van der Waals surface area contributed by atoms with Crippen LogP contribution in [0.25, 0.3) is 0 Å². The van der Waals surface area contributed by atoms with Crippen molar-refractivity contribution in [3.8, 4) is 0 Å². The minimum absolute atomic E-state index is 0.237. The van der Waals surface area contributed by atoms with E-state index >= 15 is 0 Å². The number of piperidine rings is 3. The fourth-order valence-corrected chi connectivity index (χ4v) is 5.60. The van der Waals surface area contributed by atoms with E-state index in [-0.39, 0.29) is 11.8 Å². The molecule has 26 heavy (non-hydrogen) atoms. The van der Waals surface area contributed by atoms with Crippen LogP contribution >= 0.6 is 23.5 Å². The molecule has 0 radical (unpaired) electrons. The Morgan fingerprint density at radius 3 is 2.50 bits per heavy atom. The third-order valence-electron chi connectivity index (χ3n) is 5.02. The number of thioether (sulfide) groups is 1. The van der Waals surface area contributed by atoms with Gasteiger partial charge in [-0.3, -0.25) is 0 Å². The highest BCUT2D eigenvalue weighted by Gasteiger charge is 2.62. The molecule has 4 aliphatic heterocycles. The summed E-state index contributed by atoms with van der Waals surface area (Å²) in [6.45, 7) is 5.77. The number of ether oxygens (including phenoxy) is 2. The second kappa shape index (κ2) is 6.94. The summed E-state index contributed by atoms with van der Waals surface area (Å²) in [6, 6.07) is 0. The molecule has 1 atom stereocenters. The van der Waals surface area contributed by atoms with Gasteiger partial charge in [-0.05, 0) is 24.7 Å². The number of hydrogen-bond acceptors (Lipinski definition) is 9. The molecule has 4 aliphatic rings. The van der Waals surface area contributed by atoms with Crippen molar-refractivity contribution in [3.05, 3.63) is 17.8 Å². The molecule has 9 heteroatoms. The van der Waals surface area contributed by atoms with Crippen LogP contribution in [0.2, 0.25) is 0 Å². The lowest BCUT2D eigenvalue weighted by molar-refractivity contribution is -0.324. The van der Waals surface area contributed by atoms with Crippen molar-refractivity contribution in [1.82, 2.24) is 13.6 Å². The van der Waals surface area contributed by atoms with Crippen LogP contribution in [0.4, 0.5) is 0 Å². The predicted octanol–water partition coefficient (Wildman–Crippen LogP) is 2.41. The van der Waals surface area contributed by atoms with Crippen molar-refractivity contribution in [2.75, 3.05) is 18.8 Å². The van der Waals surface area contributed by atoms with E-state index < -0.39 is 17.8 Å². The summed E-state index contributed by atoms with van der Waals surface area (Å²) in [4.78, 5) is 26.3. The summed E-state index contributed by atoms with van der Waals surface area (Å²) in [5.41, 5.74) is 0.789. The van der Waals surface area contributed by atoms with Gasteiger partial charge in [0.15, 0.2) is 0 Å². The SMILES string of the molecule is CC(C)CSc1nsnc1C1C2CCN(CC2)C12OC(=O)C=CC(=O)O2. The normalized spacial score (nSPS) is 29.7. The average Bonchev–Trinajstić information content (AvgIpc) is 3.01. The summed E-state index contributed by atoms with van der Waals surface area (Å²) in [5.74, 6) is -1.17. The van der Waals surface area contributed by atoms with Crippen LogP contribution in [-0.4, -0.2) is 50.3 Å². The van der Waals surface area contributed by atoms with Crippen molar-refractivity contribution in [2.45, 2.75) is 43.5 Å². The van der Waals surface area contributed by atoms with Gasteiger partial charge < -0.3 is 9.47 Å². The third kappa shape index (κ3) is 3.05. The molecule has 0 aliphatic carbocycles. The Hall–Kier alpha value is -1.45. The molecule has 7 nitrogen and oxygen atoms in total. The van der Waals surface area contributed by atoms with Crippen molar-refractivity contribution in [1.29, 1.82) is 0 Å². The van der Waals surface area contributed by atoms with E-state index in [0.717, 1.165) is 66.3 Å². The van der Waals surface area contributed by atoms with Gasteiger partial charge in [0.25, 0.3) is 0 Å². The Labute approximate surface area is 160 Å². The van der Waals surface area contributed by atoms with E-state index in [4.69, 9.17) is 9.47 Å². The molecule has 1 aromatic heterocycles. The van der Waals surface area contributed by atoms with Gasteiger partial charge in [0.1, 0.15) is 16.6 Å². The minimum Gasteiger partial charge on any atom is -0.404 e. The Balaban J connectivity index is 1.74. The Kier molecular flexibility index (Phi) is 4.79. The quantitative estimate of drug-likeness (QED) is 0.568. The maximum atomic E-state index is 12.2. The zero-order chi connectivity index (χ0) is 18.3. The number of fused-ring (bicyclic) bond motifs is 2. The van der Waals surface area contributed by atoms with Crippen LogP contribution in [0.5, 0.6) is 0 Å². The molecule has 2 bridgehead atoms. The second-order valence-electron chi connectivity index (χ2n) is 7.27. The van der Waals surface area contributed by atoms with Gasteiger partial charge in [-0.25, -0.2) is 14.5 Å². The summed E-state index contributed by atoms with van der Waals surface area (Å²) >= 11 is 2.82. The first-order valence-electron chi connectivity index (χ1n) is 8.84. The Morgan fingerprint density at radius 2 is 1.88 bits per heavy atom. The molecule has 3 saturated heterocycles. The number of carbonyl (C=O) groups is 2. The molecule has 0 aromatic carbocycles. The molecule has 1 unspecified atom stereocenters. The maximum Gasteiger partial charge on any atom is 0.335 e. The van der Waals surface area contributed by atoms with Crippen molar-refractivity contribution >= 4 is 35.4 Å². The standard InChI is InChI=1S/C17H21N3O4S2/c1-10(2)9-25-16-15(18-26-19-16)14-11-5-7-20(8-6-11)17(14)23-12(21)3-4-13(22)24-17/h3-4,10-11,14H,5-9H2,1-2H3. The molecule has 1 spiro atoms. The highest BCUT2D eigenvalue weighted by molar-refractivity contribution is 7.99. The van der Waals surface area contributed by atoms with Gasteiger partial charge in [-0.15, -0.1) is 11.8 Å². The smallest absolute Gasteiger partial charge is 0.335 e. The molecule has 1 aromatic rings. The highest BCUT2D eigenvalue weighted by atomic mass is 32.2. The van der Waals surface area contributed by atoms with Crippen LogP contribution in [0.15, 0.2) is 17.2 Å². The topological polar surface area (TPSA) is 81.6 Å². The van der Waals surface area contributed by atoms with Crippen LogP contribution in [-0.2, 0) is 19.1 Å². The van der Waals surface area contributed by atoms with Crippen LogP contribution in [0, 0.1) is 11.8 Å². The number of carbonyl (C=O) groups excluding carboxylic acids is 2. The number of esters is 2. The largest absolute Gasteiger partial charge is 0.404 e. The van der Waals surface area contributed by atoms with Crippen LogP contribution in [0.3, 0.4) is 0 Å². The zero-order valence-electron chi connectivity index (χ0n) is 14.7. The summed E-state index contributed by atoms with van der Waals surface area (Å²) in [6.07, 6.45) is 4.18. The highest BCUT2D eigenvalue weighted by Crippen LogP contribution is 2.52. The number of hydrogen-bond donors (Lipinski definition) is 0. The summed E-state index contributed by atoms with van der Waals surface area (Å²) < 4.78 is 20.5. The number of aromatic nitrogens is 2. The summed E-state index contributed by atoms with van der Waals surface area (Å²) in [7, 11) is 0. The van der Waals surface area contributed by atoms with Gasteiger partial charge in [0, 0.05) is 31.0 Å². The predicted molar refractivity (Wildman–Crippen MR) is 96.6 cm³/mol. The monoisotopic (exact) mass is 395 g/mol. The Morgan fingerprint density at radius 1 is 1.23 bits per heavy atom. The lowest BCUT2D eigenvalue weighted by Gasteiger charge is -2.55. The molecule has 0 N–H and O–H groups in total. The van der Waals surface area contributed by atoms with E-state index in [2.05, 4.69) is 22.6 Å². The fraction of sp³-hybridized carbons (Fsp3) is 0.647. The van der Waals surface area contributed by atoms with E-state index in [1.54, 1.807) is 11.8 Å². The minimum atomic E-state index is -1.41. The third-order valence-corrected chi connectivity index (χ3v) is 7.09. The van der Waals surface area contributed by atoms with Crippen molar-refractivity contribution in [2.24, 2.45) is 11.8 Å². The fourth-order valence-electron chi connectivity index (χ4n) is 3.93. The van der Waals surface area contributed by atoms with E-state index in [9.17, 15) is 9.59 Å². The van der Waals surface area contributed by atoms with Crippen molar-refractivity contribution in [3.63, 3.8) is 0 Å². The van der Waals surface area contributed by atoms with Gasteiger partial charge in [0.05, 0.1) is 11.7 Å². The van der Waals surface area contributed by atoms with Gasteiger partial charge >= 0.3 is 17.8 Å². The lowest BCUT2D eigenvalue weighted by atomic mass is 9.74. The molecule has 0 amide bonds. The maximum absolute atomic E-state index is 12.2. The van der Waals surface area contributed by atoms with Crippen molar-refractivity contribution < 1.29 is 19.1 Å². The van der Waals surface area contributed by atoms with Crippen LogP contribution < -0.4 is 0 Å². The van der Waals surface area contributed by atoms with Gasteiger partial charge in [-0.2, -0.15) is 8.75 Å². The average molecular weight is 396 g/mol. The molecule has 140 valence electrons. The van der Waals surface area contributed by atoms with E-state index in [1.165, 1.54) is 0 Å². The molecule has 3 fully saturated rings. The van der Waals surface area contributed by atoms with E-state index in [0.29, 0.717) is 5.92 Å². The lowest BCUT2D eigenvalue weighted by Crippen LogP contribution is -2.66. The molecule has 0 saturated carbocycles. The van der Waals surface area contributed by atoms with Gasteiger partial charge in [-0.1, -0.05) is 13.8 Å². The number of nitrogens with zero attached hydrogens (tertiary/aromatic N) is 3. The molecule has 5 heterocycles. The first kappa shape index (κ1) is 17.9. The first-order chi connectivity index (χ1) is 12.5. The molecular formula is C17H21N3O4S2. The number of rotatable bonds is 4. The second-order valence-corrected chi connectivity index (χ2v) is 8.81. The first-order valence-corrected chi connectivity index (χ1v) is 10.6. The van der Waals surface area contributed by atoms with Crippen LogP contribution in [0.1, 0.15) is 38.3 Å². The summed E-state index contributed by atoms with van der Waals surface area (Å²) in [5, 5.41) is 0.853. The molecule has 5 rings (SSSR count). The Bertz CT molecular complexity index is 720. The zero-order valence-corrected chi connectivity index (χ0v) is 16.3. The van der Waals surface area contributed by atoms with E-state index in [1.807, 2.05) is 4.90 Å². The molecular weight excluding hydrogens is 374 g/mol.